The molecule has 0 aliphatic rings. The molecule has 5 nitrogen and oxygen atoms in total. The van der Waals surface area contributed by atoms with E-state index in [1.807, 2.05) is 25.1 Å². The predicted molar refractivity (Wildman–Crippen MR) is 71.4 cm³/mol. The van der Waals surface area contributed by atoms with Crippen molar-refractivity contribution in [3.05, 3.63) is 29.8 Å². The normalized spacial score (nSPS) is 9.83. The third-order valence-electron chi connectivity index (χ3n) is 2.42. The number of amides is 2. The van der Waals surface area contributed by atoms with Gasteiger partial charge >= 0.3 is 0 Å². The van der Waals surface area contributed by atoms with Crippen LogP contribution in [0.2, 0.25) is 0 Å². The standard InChI is InChI=1S/C13H19N3O2/c1-2-15-11-7-4-3-6-10(11)13(18)16-9-5-8-12(14)17/h3-4,6-7,15H,2,5,8-9H2,1H3,(H2,14,17)(H,16,18). The van der Waals surface area contributed by atoms with Gasteiger partial charge in [-0.15, -0.1) is 0 Å². The van der Waals surface area contributed by atoms with Crippen molar-refractivity contribution >= 4 is 17.5 Å². The van der Waals surface area contributed by atoms with Crippen molar-refractivity contribution in [2.45, 2.75) is 19.8 Å². The highest BCUT2D eigenvalue weighted by molar-refractivity contribution is 5.99. The summed E-state index contributed by atoms with van der Waals surface area (Å²) in [6.45, 7) is 3.18. The summed E-state index contributed by atoms with van der Waals surface area (Å²) in [6.07, 6.45) is 0.847. The van der Waals surface area contributed by atoms with Crippen LogP contribution in [0.15, 0.2) is 24.3 Å². The molecule has 5 heteroatoms. The zero-order chi connectivity index (χ0) is 13.4. The van der Waals surface area contributed by atoms with Crippen molar-refractivity contribution in [2.24, 2.45) is 5.73 Å². The molecule has 0 atom stereocenters. The lowest BCUT2D eigenvalue weighted by atomic mass is 10.1. The van der Waals surface area contributed by atoms with Crippen molar-refractivity contribution in [1.29, 1.82) is 0 Å². The van der Waals surface area contributed by atoms with E-state index in [9.17, 15) is 9.59 Å². The van der Waals surface area contributed by atoms with Gasteiger partial charge in [0.1, 0.15) is 0 Å². The Balaban J connectivity index is 2.53. The van der Waals surface area contributed by atoms with E-state index in [2.05, 4.69) is 10.6 Å². The van der Waals surface area contributed by atoms with Gasteiger partial charge in [-0.1, -0.05) is 12.1 Å². The molecule has 2 amide bonds. The Morgan fingerprint density at radius 2 is 2.00 bits per heavy atom. The first-order valence-electron chi connectivity index (χ1n) is 6.04. The molecule has 1 aromatic rings. The summed E-state index contributed by atoms with van der Waals surface area (Å²) >= 11 is 0. The van der Waals surface area contributed by atoms with Crippen LogP contribution in [0.4, 0.5) is 5.69 Å². The monoisotopic (exact) mass is 249 g/mol. The lowest BCUT2D eigenvalue weighted by molar-refractivity contribution is -0.118. The maximum atomic E-state index is 11.9. The van der Waals surface area contributed by atoms with Gasteiger partial charge in [-0.05, 0) is 25.5 Å². The maximum absolute atomic E-state index is 11.9. The number of para-hydroxylation sites is 1. The number of hydrogen-bond acceptors (Lipinski definition) is 3. The number of hydrogen-bond donors (Lipinski definition) is 3. The Hall–Kier alpha value is -2.04. The lowest BCUT2D eigenvalue weighted by Crippen LogP contribution is -2.26. The summed E-state index contributed by atoms with van der Waals surface area (Å²) in [5.41, 5.74) is 6.44. The molecule has 98 valence electrons. The van der Waals surface area contributed by atoms with Gasteiger partial charge in [0.2, 0.25) is 5.91 Å². The molecular formula is C13H19N3O2. The number of benzene rings is 1. The van der Waals surface area contributed by atoms with Gasteiger partial charge in [0.05, 0.1) is 5.56 Å². The molecule has 0 unspecified atom stereocenters. The summed E-state index contributed by atoms with van der Waals surface area (Å²) in [5, 5.41) is 5.90. The van der Waals surface area contributed by atoms with Crippen LogP contribution in [0, 0.1) is 0 Å². The number of nitrogens with two attached hydrogens (primary N) is 1. The largest absolute Gasteiger partial charge is 0.385 e. The molecule has 0 saturated carbocycles. The molecule has 1 rings (SSSR count). The van der Waals surface area contributed by atoms with Gasteiger partial charge in [0.15, 0.2) is 0 Å². The first-order valence-corrected chi connectivity index (χ1v) is 6.04. The van der Waals surface area contributed by atoms with E-state index in [-0.39, 0.29) is 18.2 Å². The molecular weight excluding hydrogens is 230 g/mol. The fourth-order valence-electron chi connectivity index (χ4n) is 1.59. The molecule has 18 heavy (non-hydrogen) atoms. The second-order valence-electron chi connectivity index (χ2n) is 3.90. The molecule has 0 heterocycles. The Bertz CT molecular complexity index is 418. The number of rotatable bonds is 7. The first kappa shape index (κ1) is 14.0. The fraction of sp³-hybridized carbons (Fsp3) is 0.385. The molecule has 0 aliphatic heterocycles. The molecule has 0 bridgehead atoms. The molecule has 0 saturated heterocycles. The Labute approximate surface area is 107 Å². The smallest absolute Gasteiger partial charge is 0.253 e. The summed E-state index contributed by atoms with van der Waals surface area (Å²) in [6, 6.07) is 7.32. The van der Waals surface area contributed by atoms with E-state index < -0.39 is 0 Å². The first-order chi connectivity index (χ1) is 8.65. The van der Waals surface area contributed by atoms with Crippen molar-refractivity contribution < 1.29 is 9.59 Å². The van der Waals surface area contributed by atoms with Gasteiger partial charge in [0, 0.05) is 25.2 Å². The van der Waals surface area contributed by atoms with Gasteiger partial charge in [0.25, 0.3) is 5.91 Å². The van der Waals surface area contributed by atoms with Gasteiger partial charge < -0.3 is 16.4 Å². The predicted octanol–water partition coefficient (Wildman–Crippen LogP) is 1.11. The van der Waals surface area contributed by atoms with Gasteiger partial charge in [-0.2, -0.15) is 0 Å². The summed E-state index contributed by atoms with van der Waals surface area (Å²) in [4.78, 5) is 22.5. The Kier molecular flexibility index (Phi) is 5.70. The molecule has 0 fully saturated rings. The van der Waals surface area contributed by atoms with Crippen molar-refractivity contribution in [1.82, 2.24) is 5.32 Å². The quantitative estimate of drug-likeness (QED) is 0.633. The summed E-state index contributed by atoms with van der Waals surface area (Å²) < 4.78 is 0. The van der Waals surface area contributed by atoms with E-state index in [1.54, 1.807) is 6.07 Å². The molecule has 4 N–H and O–H groups in total. The maximum Gasteiger partial charge on any atom is 0.253 e. The highest BCUT2D eigenvalue weighted by Crippen LogP contribution is 2.14. The van der Waals surface area contributed by atoms with Gasteiger partial charge in [-0.25, -0.2) is 0 Å². The van der Waals surface area contributed by atoms with Gasteiger partial charge in [-0.3, -0.25) is 9.59 Å². The summed E-state index contributed by atoms with van der Waals surface area (Å²) in [5.74, 6) is -0.492. The topological polar surface area (TPSA) is 84.2 Å². The SMILES string of the molecule is CCNc1ccccc1C(=O)NCCCC(N)=O. The van der Waals surface area contributed by atoms with Crippen LogP contribution in [-0.2, 0) is 4.79 Å². The third kappa shape index (κ3) is 4.45. The molecule has 0 radical (unpaired) electrons. The molecule has 0 aromatic heterocycles. The van der Waals surface area contributed by atoms with Crippen molar-refractivity contribution in [2.75, 3.05) is 18.4 Å². The van der Waals surface area contributed by atoms with Crippen LogP contribution in [-0.4, -0.2) is 24.9 Å². The summed E-state index contributed by atoms with van der Waals surface area (Å²) in [7, 11) is 0. The minimum atomic E-state index is -0.350. The zero-order valence-electron chi connectivity index (χ0n) is 10.5. The van der Waals surface area contributed by atoms with Crippen LogP contribution in [0.3, 0.4) is 0 Å². The number of anilines is 1. The highest BCUT2D eigenvalue weighted by Gasteiger charge is 2.09. The Morgan fingerprint density at radius 1 is 1.28 bits per heavy atom. The van der Waals surface area contributed by atoms with Crippen LogP contribution in [0.5, 0.6) is 0 Å². The van der Waals surface area contributed by atoms with Crippen molar-refractivity contribution in [3.63, 3.8) is 0 Å². The number of carbonyl (C=O) groups is 2. The third-order valence-corrected chi connectivity index (χ3v) is 2.42. The minimum Gasteiger partial charge on any atom is -0.385 e. The van der Waals surface area contributed by atoms with Crippen LogP contribution in [0.25, 0.3) is 0 Å². The second kappa shape index (κ2) is 7.32. The highest BCUT2D eigenvalue weighted by atomic mass is 16.2. The van der Waals surface area contributed by atoms with Crippen LogP contribution < -0.4 is 16.4 Å². The van der Waals surface area contributed by atoms with Crippen LogP contribution in [0.1, 0.15) is 30.1 Å². The van der Waals surface area contributed by atoms with E-state index >= 15 is 0 Å². The van der Waals surface area contributed by atoms with Crippen molar-refractivity contribution in [3.8, 4) is 0 Å². The number of carbonyl (C=O) groups excluding carboxylic acids is 2. The van der Waals surface area contributed by atoms with E-state index in [0.717, 1.165) is 12.2 Å². The number of nitrogens with one attached hydrogen (secondary N) is 2. The van der Waals surface area contributed by atoms with Crippen LogP contribution >= 0.6 is 0 Å². The molecule has 0 spiro atoms. The Morgan fingerprint density at radius 3 is 2.67 bits per heavy atom. The molecule has 1 aromatic carbocycles. The van der Waals surface area contributed by atoms with E-state index in [4.69, 9.17) is 5.73 Å². The number of primary amides is 1. The molecule has 0 aliphatic carbocycles. The second-order valence-corrected chi connectivity index (χ2v) is 3.90. The van der Waals surface area contributed by atoms with E-state index in [0.29, 0.717) is 18.5 Å². The lowest BCUT2D eigenvalue weighted by Gasteiger charge is -2.10. The average Bonchev–Trinajstić information content (AvgIpc) is 2.35. The van der Waals surface area contributed by atoms with E-state index in [1.165, 1.54) is 0 Å². The average molecular weight is 249 g/mol. The zero-order valence-corrected chi connectivity index (χ0v) is 10.5. The fourth-order valence-corrected chi connectivity index (χ4v) is 1.59. The minimum absolute atomic E-state index is 0.143.